The number of amidine groups is 1. The average Bonchev–Trinajstić information content (AvgIpc) is 2.04. The van der Waals surface area contributed by atoms with Crippen LogP contribution >= 0.6 is 11.8 Å². The van der Waals surface area contributed by atoms with Crippen molar-refractivity contribution in [3.63, 3.8) is 0 Å². The molecule has 1 heterocycles. The number of hydrogen-bond acceptors (Lipinski definition) is 3. The molecule has 1 radical (unpaired) electrons. The summed E-state index contributed by atoms with van der Waals surface area (Å²) < 4.78 is 0. The van der Waals surface area contributed by atoms with Crippen molar-refractivity contribution in [2.45, 2.75) is 18.6 Å². The summed E-state index contributed by atoms with van der Waals surface area (Å²) in [4.78, 5) is 8.23. The van der Waals surface area contributed by atoms with Crippen molar-refractivity contribution in [1.29, 1.82) is 0 Å². The Labute approximate surface area is 153 Å². The molecular formula is C8H11KN2SY-2. The van der Waals surface area contributed by atoms with Gasteiger partial charge >= 0.3 is 51.4 Å². The van der Waals surface area contributed by atoms with Crippen LogP contribution in [0.25, 0.3) is 0 Å². The second-order valence-corrected chi connectivity index (χ2v) is 3.08. The molecule has 0 amide bonds. The monoisotopic (exact) mass is 295 g/mol. The number of hydrogen-bond donors (Lipinski definition) is 0. The molecule has 0 spiro atoms. The van der Waals surface area contributed by atoms with Gasteiger partial charge in [0.2, 0.25) is 0 Å². The van der Waals surface area contributed by atoms with Crippen molar-refractivity contribution in [2.24, 2.45) is 9.98 Å². The van der Waals surface area contributed by atoms with Crippen molar-refractivity contribution in [2.75, 3.05) is 0 Å². The van der Waals surface area contributed by atoms with Gasteiger partial charge in [0.05, 0.1) is 0 Å². The first kappa shape index (κ1) is 17.6. The molecule has 13 heavy (non-hydrogen) atoms. The Morgan fingerprint density at radius 3 is 2.69 bits per heavy atom. The third kappa shape index (κ3) is 5.71. The fourth-order valence-electron chi connectivity index (χ4n) is 0.917. The number of thioether (sulfide) groups is 1. The molecule has 1 aliphatic rings. The van der Waals surface area contributed by atoms with E-state index in [0.717, 1.165) is 12.1 Å². The topological polar surface area (TPSA) is 24.7 Å². The van der Waals surface area contributed by atoms with Crippen LogP contribution in [0.4, 0.5) is 0 Å². The molecule has 1 aliphatic heterocycles. The first-order valence-electron chi connectivity index (χ1n) is 3.49. The summed E-state index contributed by atoms with van der Waals surface area (Å²) in [6.07, 6.45) is 4.69. The molecule has 0 aliphatic carbocycles. The molecule has 5 heteroatoms. The minimum absolute atomic E-state index is 0. The van der Waals surface area contributed by atoms with Crippen molar-refractivity contribution in [1.82, 2.24) is 0 Å². The first-order chi connectivity index (χ1) is 5.27. The van der Waals surface area contributed by atoms with Crippen molar-refractivity contribution < 1.29 is 84.1 Å². The van der Waals surface area contributed by atoms with Gasteiger partial charge in [-0.25, -0.2) is 0 Å². The fourth-order valence-corrected chi connectivity index (χ4v) is 1.48. The van der Waals surface area contributed by atoms with E-state index in [1.165, 1.54) is 11.8 Å². The van der Waals surface area contributed by atoms with Gasteiger partial charge in [-0.15, -0.1) is 6.54 Å². The Hall–Kier alpha value is 2.17. The smallest absolute Gasteiger partial charge is 0.462 e. The standard InChI is InChI=1S/C8H11N2S.K.Y/c1-4-7-8(11-3)5-9-6(2)10-7;;/h5,8H,2-4H2,1H3;;/q-3;+1;. The quantitative estimate of drug-likeness (QED) is 0.481. The minimum Gasteiger partial charge on any atom is -0.462 e. The van der Waals surface area contributed by atoms with E-state index in [2.05, 4.69) is 30.1 Å². The van der Waals surface area contributed by atoms with E-state index in [0.29, 0.717) is 5.84 Å². The maximum atomic E-state index is 4.22. The molecular weight excluding hydrogens is 284 g/mol. The minimum atomic E-state index is 0. The molecule has 65 valence electrons. The van der Waals surface area contributed by atoms with Gasteiger partial charge in [-0.1, -0.05) is 6.92 Å². The maximum Gasteiger partial charge on any atom is 1.00 e. The Bertz CT molecular complexity index is 206. The molecule has 1 atom stereocenters. The fraction of sp³-hybridized carbons (Fsp3) is 0.375. The van der Waals surface area contributed by atoms with Gasteiger partial charge in [-0.2, -0.15) is 5.84 Å². The van der Waals surface area contributed by atoms with Crippen LogP contribution in [0.1, 0.15) is 13.3 Å². The predicted molar refractivity (Wildman–Crippen MR) is 51.6 cm³/mol. The number of aliphatic imine (C=N–C) groups is 2. The van der Waals surface area contributed by atoms with Gasteiger partial charge in [0.1, 0.15) is 0 Å². The first-order valence-corrected chi connectivity index (χ1v) is 4.54. The zero-order valence-electron chi connectivity index (χ0n) is 8.16. The van der Waals surface area contributed by atoms with E-state index in [1.54, 1.807) is 0 Å². The van der Waals surface area contributed by atoms with E-state index < -0.39 is 0 Å². The molecule has 0 aromatic heterocycles. The van der Waals surface area contributed by atoms with E-state index >= 15 is 0 Å². The van der Waals surface area contributed by atoms with Crippen LogP contribution in [0.15, 0.2) is 9.98 Å². The van der Waals surface area contributed by atoms with Crippen molar-refractivity contribution >= 4 is 23.3 Å². The molecule has 0 aromatic carbocycles. The number of nitrogens with zero attached hydrogens (tertiary/aromatic N) is 2. The van der Waals surface area contributed by atoms with Crippen LogP contribution in [0.5, 0.6) is 0 Å². The third-order valence-corrected chi connectivity index (χ3v) is 2.25. The van der Waals surface area contributed by atoms with Gasteiger partial charge in [0.15, 0.2) is 0 Å². The summed E-state index contributed by atoms with van der Waals surface area (Å²) in [5, 5.41) is 0.255. The van der Waals surface area contributed by atoms with Gasteiger partial charge < -0.3 is 28.7 Å². The Morgan fingerprint density at radius 1 is 1.62 bits per heavy atom. The molecule has 1 rings (SSSR count). The van der Waals surface area contributed by atoms with Crippen LogP contribution in [-0.4, -0.2) is 16.8 Å². The van der Waals surface area contributed by atoms with E-state index in [-0.39, 0.29) is 89.3 Å². The second kappa shape index (κ2) is 9.40. The molecule has 0 saturated heterocycles. The van der Waals surface area contributed by atoms with E-state index in [4.69, 9.17) is 0 Å². The second-order valence-electron chi connectivity index (χ2n) is 2.24. The van der Waals surface area contributed by atoms with Crippen LogP contribution in [0.2, 0.25) is 0 Å². The summed E-state index contributed by atoms with van der Waals surface area (Å²) in [7, 11) is 0. The summed E-state index contributed by atoms with van der Waals surface area (Å²) in [6.45, 7) is 7.60. The Morgan fingerprint density at radius 2 is 2.23 bits per heavy atom. The van der Waals surface area contributed by atoms with Crippen LogP contribution in [0.3, 0.4) is 0 Å². The van der Waals surface area contributed by atoms with Crippen molar-refractivity contribution in [3.8, 4) is 0 Å². The SMILES string of the molecule is [CH2-]SC1[CH-]N=C([CH2-])N=C1CC.[K+].[Y]. The summed E-state index contributed by atoms with van der Waals surface area (Å²) >= 11 is 1.51. The zero-order chi connectivity index (χ0) is 8.27. The molecule has 0 N–H and O–H groups in total. The van der Waals surface area contributed by atoms with Crippen LogP contribution < -0.4 is 51.4 Å². The average molecular weight is 295 g/mol. The molecule has 2 nitrogen and oxygen atoms in total. The normalized spacial score (nSPS) is 20.0. The zero-order valence-corrected chi connectivity index (χ0v) is 14.9. The van der Waals surface area contributed by atoms with E-state index in [1.807, 2.05) is 6.54 Å². The number of rotatable bonds is 2. The predicted octanol–water partition coefficient (Wildman–Crippen LogP) is -0.860. The molecule has 0 aromatic rings. The van der Waals surface area contributed by atoms with Gasteiger partial charge in [-0.05, 0) is 17.4 Å². The van der Waals surface area contributed by atoms with Crippen molar-refractivity contribution in [3.05, 3.63) is 19.7 Å². The van der Waals surface area contributed by atoms with Crippen LogP contribution in [-0.2, 0) is 32.7 Å². The summed E-state index contributed by atoms with van der Waals surface area (Å²) in [5.74, 6) is 0.604. The maximum absolute atomic E-state index is 4.22. The Kier molecular flexibility index (Phi) is 12.7. The third-order valence-electron chi connectivity index (χ3n) is 1.50. The molecule has 0 fully saturated rings. The van der Waals surface area contributed by atoms with Gasteiger partial charge in [0.25, 0.3) is 0 Å². The van der Waals surface area contributed by atoms with E-state index in [9.17, 15) is 0 Å². The largest absolute Gasteiger partial charge is 1.00 e. The Balaban J connectivity index is 0. The molecule has 0 saturated carbocycles. The molecule has 1 unspecified atom stereocenters. The van der Waals surface area contributed by atoms with Crippen LogP contribution in [0, 0.1) is 19.7 Å². The molecule has 0 bridgehead atoms. The summed E-state index contributed by atoms with van der Waals surface area (Å²) in [5.41, 5.74) is 1.12. The van der Waals surface area contributed by atoms with Gasteiger partial charge in [-0.3, -0.25) is 6.26 Å². The summed E-state index contributed by atoms with van der Waals surface area (Å²) in [6, 6.07) is 0. The van der Waals surface area contributed by atoms with Gasteiger partial charge in [0, 0.05) is 32.7 Å².